The second-order valence-corrected chi connectivity index (χ2v) is 4.69. The van der Waals surface area contributed by atoms with Crippen molar-refractivity contribution in [1.82, 2.24) is 5.32 Å². The highest BCUT2D eigenvalue weighted by atomic mass is 19.1. The van der Waals surface area contributed by atoms with Crippen LogP contribution in [-0.2, 0) is 0 Å². The van der Waals surface area contributed by atoms with Gasteiger partial charge in [-0.15, -0.1) is 0 Å². The van der Waals surface area contributed by atoms with E-state index < -0.39 is 23.1 Å². The van der Waals surface area contributed by atoms with Crippen LogP contribution in [0.15, 0.2) is 12.1 Å². The molecule has 1 aromatic carbocycles. The number of nitrogens with two attached hydrogens (primary N) is 1. The number of carbonyl (C=O) groups is 1. The Balaban J connectivity index is 2.06. The Labute approximate surface area is 104 Å². The number of nitrogens with one attached hydrogen (secondary N) is 1. The fourth-order valence-corrected chi connectivity index (χ4v) is 2.32. The molecule has 1 aromatic rings. The van der Waals surface area contributed by atoms with Gasteiger partial charge in [-0.1, -0.05) is 12.8 Å². The van der Waals surface area contributed by atoms with Crippen molar-refractivity contribution >= 4 is 11.6 Å². The standard InChI is InChI=1S/C13H16F2N2O/c14-9-5-6-10(16)12(15)11(9)13(18)17-7-8-3-1-2-4-8/h5-6,8H,1-4,7,16H2,(H,17,18). The molecular weight excluding hydrogens is 238 g/mol. The quantitative estimate of drug-likeness (QED) is 0.814. The first-order chi connectivity index (χ1) is 8.59. The molecule has 1 amide bonds. The van der Waals surface area contributed by atoms with Gasteiger partial charge in [0.05, 0.1) is 5.69 Å². The predicted octanol–water partition coefficient (Wildman–Crippen LogP) is 2.47. The topological polar surface area (TPSA) is 55.1 Å². The lowest BCUT2D eigenvalue weighted by molar-refractivity contribution is 0.0939. The molecule has 0 spiro atoms. The zero-order valence-electron chi connectivity index (χ0n) is 10.0. The summed E-state index contributed by atoms with van der Waals surface area (Å²) in [5.41, 5.74) is 4.51. The smallest absolute Gasteiger partial charge is 0.257 e. The van der Waals surface area contributed by atoms with E-state index in [1.54, 1.807) is 0 Å². The van der Waals surface area contributed by atoms with Crippen LogP contribution in [0.25, 0.3) is 0 Å². The number of nitrogen functional groups attached to an aromatic ring is 1. The molecule has 0 radical (unpaired) electrons. The van der Waals surface area contributed by atoms with Crippen molar-refractivity contribution in [3.05, 3.63) is 29.3 Å². The predicted molar refractivity (Wildman–Crippen MR) is 65.1 cm³/mol. The molecule has 1 aliphatic carbocycles. The molecule has 18 heavy (non-hydrogen) atoms. The summed E-state index contributed by atoms with van der Waals surface area (Å²) in [6.45, 7) is 0.465. The number of hydrogen-bond acceptors (Lipinski definition) is 2. The van der Waals surface area contributed by atoms with E-state index in [2.05, 4.69) is 5.32 Å². The van der Waals surface area contributed by atoms with Crippen LogP contribution >= 0.6 is 0 Å². The van der Waals surface area contributed by atoms with Crippen molar-refractivity contribution < 1.29 is 13.6 Å². The Bertz CT molecular complexity index is 457. The van der Waals surface area contributed by atoms with Crippen molar-refractivity contribution in [2.75, 3.05) is 12.3 Å². The fraction of sp³-hybridized carbons (Fsp3) is 0.462. The summed E-state index contributed by atoms with van der Waals surface area (Å²) in [4.78, 5) is 11.7. The average Bonchev–Trinajstić information content (AvgIpc) is 2.85. The number of carbonyl (C=O) groups excluding carboxylic acids is 1. The van der Waals surface area contributed by atoms with Gasteiger partial charge in [0.25, 0.3) is 5.91 Å². The Morgan fingerprint density at radius 2 is 2.00 bits per heavy atom. The molecule has 98 valence electrons. The third-order valence-corrected chi connectivity index (χ3v) is 3.37. The number of rotatable bonds is 3. The molecule has 0 unspecified atom stereocenters. The number of hydrogen-bond donors (Lipinski definition) is 2. The van der Waals surface area contributed by atoms with E-state index in [1.165, 1.54) is 0 Å². The van der Waals surface area contributed by atoms with Crippen LogP contribution in [0, 0.1) is 17.6 Å². The van der Waals surface area contributed by atoms with Gasteiger partial charge in [-0.25, -0.2) is 8.78 Å². The molecule has 0 atom stereocenters. The first-order valence-electron chi connectivity index (χ1n) is 6.11. The van der Waals surface area contributed by atoms with Gasteiger partial charge in [-0.05, 0) is 30.9 Å². The molecule has 3 nitrogen and oxygen atoms in total. The first-order valence-corrected chi connectivity index (χ1v) is 6.11. The summed E-state index contributed by atoms with van der Waals surface area (Å²) in [5, 5.41) is 2.58. The lowest BCUT2D eigenvalue weighted by atomic mass is 10.1. The Morgan fingerprint density at radius 3 is 2.67 bits per heavy atom. The number of benzene rings is 1. The number of halogens is 2. The number of amides is 1. The van der Waals surface area contributed by atoms with Crippen LogP contribution in [0.5, 0.6) is 0 Å². The van der Waals surface area contributed by atoms with Gasteiger partial charge in [0.15, 0.2) is 5.82 Å². The van der Waals surface area contributed by atoms with E-state index in [1.807, 2.05) is 0 Å². The average molecular weight is 254 g/mol. The van der Waals surface area contributed by atoms with Crippen molar-refractivity contribution in [3.8, 4) is 0 Å². The molecule has 0 aromatic heterocycles. The third-order valence-electron chi connectivity index (χ3n) is 3.37. The van der Waals surface area contributed by atoms with Crippen LogP contribution in [0.2, 0.25) is 0 Å². The van der Waals surface area contributed by atoms with Gasteiger partial charge in [0.1, 0.15) is 11.4 Å². The van der Waals surface area contributed by atoms with E-state index in [4.69, 9.17) is 5.73 Å². The van der Waals surface area contributed by atoms with Crippen molar-refractivity contribution in [3.63, 3.8) is 0 Å². The van der Waals surface area contributed by atoms with Gasteiger partial charge in [0.2, 0.25) is 0 Å². The molecule has 5 heteroatoms. The summed E-state index contributed by atoms with van der Waals surface area (Å²) < 4.78 is 27.0. The Kier molecular flexibility index (Phi) is 3.79. The third kappa shape index (κ3) is 2.60. The van der Waals surface area contributed by atoms with Crippen LogP contribution < -0.4 is 11.1 Å². The highest BCUT2D eigenvalue weighted by molar-refractivity contribution is 5.95. The van der Waals surface area contributed by atoms with Crippen molar-refractivity contribution in [2.45, 2.75) is 25.7 Å². The van der Waals surface area contributed by atoms with E-state index in [9.17, 15) is 13.6 Å². The van der Waals surface area contributed by atoms with Crippen LogP contribution in [-0.4, -0.2) is 12.5 Å². The van der Waals surface area contributed by atoms with Gasteiger partial charge in [-0.3, -0.25) is 4.79 Å². The molecule has 3 N–H and O–H groups in total. The van der Waals surface area contributed by atoms with Crippen LogP contribution in [0.4, 0.5) is 14.5 Å². The van der Waals surface area contributed by atoms with E-state index in [-0.39, 0.29) is 5.69 Å². The summed E-state index contributed by atoms with van der Waals surface area (Å²) in [6.07, 6.45) is 4.42. The molecule has 1 aliphatic rings. The van der Waals surface area contributed by atoms with Crippen molar-refractivity contribution in [2.24, 2.45) is 5.92 Å². The molecule has 1 saturated carbocycles. The van der Waals surface area contributed by atoms with E-state index in [0.29, 0.717) is 12.5 Å². The second-order valence-electron chi connectivity index (χ2n) is 4.69. The minimum absolute atomic E-state index is 0.220. The van der Waals surface area contributed by atoms with Crippen molar-refractivity contribution in [1.29, 1.82) is 0 Å². The molecule has 0 bridgehead atoms. The van der Waals surface area contributed by atoms with E-state index >= 15 is 0 Å². The minimum atomic E-state index is -0.987. The molecule has 0 saturated heterocycles. The number of anilines is 1. The monoisotopic (exact) mass is 254 g/mol. The highest BCUT2D eigenvalue weighted by Gasteiger charge is 2.21. The minimum Gasteiger partial charge on any atom is -0.396 e. The molecular formula is C13H16F2N2O. The largest absolute Gasteiger partial charge is 0.396 e. The summed E-state index contributed by atoms with van der Waals surface area (Å²) in [7, 11) is 0. The summed E-state index contributed by atoms with van der Waals surface area (Å²) in [5.74, 6) is -2.19. The summed E-state index contributed by atoms with van der Waals surface area (Å²) >= 11 is 0. The first kappa shape index (κ1) is 12.8. The molecule has 1 fully saturated rings. The molecule has 2 rings (SSSR count). The van der Waals surface area contributed by atoms with E-state index in [0.717, 1.165) is 37.8 Å². The lowest BCUT2D eigenvalue weighted by Crippen LogP contribution is -2.30. The second kappa shape index (κ2) is 5.33. The Morgan fingerprint density at radius 1 is 1.33 bits per heavy atom. The zero-order chi connectivity index (χ0) is 13.1. The highest BCUT2D eigenvalue weighted by Crippen LogP contribution is 2.24. The van der Waals surface area contributed by atoms with Gasteiger partial charge in [-0.2, -0.15) is 0 Å². The van der Waals surface area contributed by atoms with Gasteiger partial charge >= 0.3 is 0 Å². The van der Waals surface area contributed by atoms with Gasteiger partial charge in [0, 0.05) is 6.54 Å². The van der Waals surface area contributed by atoms with Crippen LogP contribution in [0.1, 0.15) is 36.0 Å². The summed E-state index contributed by atoms with van der Waals surface area (Å²) in [6, 6.07) is 2.11. The maximum atomic E-state index is 13.6. The SMILES string of the molecule is Nc1ccc(F)c(C(=O)NCC2CCCC2)c1F. The normalized spacial score (nSPS) is 15.9. The van der Waals surface area contributed by atoms with Gasteiger partial charge < -0.3 is 11.1 Å². The molecule has 0 heterocycles. The van der Waals surface area contributed by atoms with Crippen LogP contribution in [0.3, 0.4) is 0 Å². The fourth-order valence-electron chi connectivity index (χ4n) is 2.32. The lowest BCUT2D eigenvalue weighted by Gasteiger charge is -2.12. The molecule has 0 aliphatic heterocycles. The maximum absolute atomic E-state index is 13.6. The zero-order valence-corrected chi connectivity index (χ0v) is 10.0. The Hall–Kier alpha value is -1.65. The maximum Gasteiger partial charge on any atom is 0.257 e.